The Labute approximate surface area is 123 Å². The average Bonchev–Trinajstić information content (AvgIpc) is 2.48. The van der Waals surface area contributed by atoms with E-state index in [1.165, 1.54) is 0 Å². The van der Waals surface area contributed by atoms with Crippen LogP contribution in [0.25, 0.3) is 0 Å². The molecular weight excluding hydrogens is 276 g/mol. The van der Waals surface area contributed by atoms with Gasteiger partial charge in [0.25, 0.3) is 0 Å². The fraction of sp³-hybridized carbons (Fsp3) is 0.267. The smallest absolute Gasteiger partial charge is 0.132 e. The van der Waals surface area contributed by atoms with Crippen LogP contribution in [0, 0.1) is 0 Å². The van der Waals surface area contributed by atoms with Crippen LogP contribution in [0.3, 0.4) is 0 Å². The Morgan fingerprint density at radius 3 is 2.80 bits per heavy atom. The second kappa shape index (κ2) is 7.12. The van der Waals surface area contributed by atoms with Gasteiger partial charge in [0, 0.05) is 12.1 Å². The van der Waals surface area contributed by atoms with Crippen LogP contribution in [-0.2, 0) is 13.2 Å². The first-order chi connectivity index (χ1) is 9.74. The second-order valence-corrected chi connectivity index (χ2v) is 4.62. The molecule has 2 rings (SSSR count). The molecule has 0 atom stereocenters. The summed E-state index contributed by atoms with van der Waals surface area (Å²) in [5.41, 5.74) is 1.41. The van der Waals surface area contributed by atoms with E-state index >= 15 is 0 Å². The van der Waals surface area contributed by atoms with Crippen molar-refractivity contribution in [2.45, 2.75) is 20.1 Å². The maximum absolute atomic E-state index is 9.25. The SMILES string of the molecule is CCNc1ccc(Cl)c(COc2ccccc2CO)n1. The van der Waals surface area contributed by atoms with Gasteiger partial charge in [-0.15, -0.1) is 0 Å². The van der Waals surface area contributed by atoms with E-state index in [9.17, 15) is 5.11 Å². The molecule has 0 aliphatic rings. The number of aromatic nitrogens is 1. The van der Waals surface area contributed by atoms with E-state index in [2.05, 4.69) is 10.3 Å². The number of pyridine rings is 1. The molecule has 0 saturated carbocycles. The summed E-state index contributed by atoms with van der Waals surface area (Å²) in [6.45, 7) is 3.00. The van der Waals surface area contributed by atoms with E-state index in [-0.39, 0.29) is 13.2 Å². The Balaban J connectivity index is 2.12. The molecule has 4 nitrogen and oxygen atoms in total. The van der Waals surface area contributed by atoms with Crippen LogP contribution in [0.15, 0.2) is 36.4 Å². The maximum atomic E-state index is 9.25. The standard InChI is InChI=1S/C15H17ClN2O2/c1-2-17-15-8-7-12(16)13(18-15)10-20-14-6-4-3-5-11(14)9-19/h3-8,19H,2,9-10H2,1H3,(H,17,18). The van der Waals surface area contributed by atoms with Crippen molar-refractivity contribution in [3.63, 3.8) is 0 Å². The minimum Gasteiger partial charge on any atom is -0.487 e. The summed E-state index contributed by atoms with van der Waals surface area (Å²) in [4.78, 5) is 4.40. The van der Waals surface area contributed by atoms with Crippen molar-refractivity contribution >= 4 is 17.4 Å². The van der Waals surface area contributed by atoms with Crippen molar-refractivity contribution < 1.29 is 9.84 Å². The van der Waals surface area contributed by atoms with Gasteiger partial charge in [0.1, 0.15) is 18.2 Å². The number of ether oxygens (including phenoxy) is 1. The lowest BCUT2D eigenvalue weighted by Gasteiger charge is -2.11. The normalized spacial score (nSPS) is 10.3. The molecule has 0 amide bonds. The van der Waals surface area contributed by atoms with Crippen LogP contribution < -0.4 is 10.1 Å². The highest BCUT2D eigenvalue weighted by molar-refractivity contribution is 6.31. The van der Waals surface area contributed by atoms with Crippen molar-refractivity contribution in [1.82, 2.24) is 4.98 Å². The van der Waals surface area contributed by atoms with Crippen molar-refractivity contribution in [1.29, 1.82) is 0 Å². The Hall–Kier alpha value is -1.78. The van der Waals surface area contributed by atoms with E-state index in [1.807, 2.05) is 37.3 Å². The number of aliphatic hydroxyl groups is 1. The molecule has 1 heterocycles. The molecule has 0 bridgehead atoms. The summed E-state index contributed by atoms with van der Waals surface area (Å²) in [5.74, 6) is 1.41. The van der Waals surface area contributed by atoms with Crippen LogP contribution >= 0.6 is 11.6 Å². The number of nitrogens with one attached hydrogen (secondary N) is 1. The minimum absolute atomic E-state index is 0.0608. The van der Waals surface area contributed by atoms with Crippen LogP contribution in [-0.4, -0.2) is 16.6 Å². The molecule has 0 spiro atoms. The molecule has 0 unspecified atom stereocenters. The van der Waals surface area contributed by atoms with Gasteiger partial charge in [-0.3, -0.25) is 0 Å². The van der Waals surface area contributed by atoms with E-state index in [0.717, 1.165) is 17.9 Å². The zero-order chi connectivity index (χ0) is 14.4. The zero-order valence-corrected chi connectivity index (χ0v) is 12.0. The van der Waals surface area contributed by atoms with E-state index in [1.54, 1.807) is 6.07 Å². The molecular formula is C15H17ClN2O2. The number of hydrogen-bond donors (Lipinski definition) is 2. The summed E-state index contributed by atoms with van der Waals surface area (Å²) >= 11 is 6.12. The monoisotopic (exact) mass is 292 g/mol. The Kier molecular flexibility index (Phi) is 5.21. The third-order valence-corrected chi connectivity index (χ3v) is 3.13. The van der Waals surface area contributed by atoms with Gasteiger partial charge < -0.3 is 15.2 Å². The first-order valence-electron chi connectivity index (χ1n) is 6.45. The fourth-order valence-electron chi connectivity index (χ4n) is 1.79. The quantitative estimate of drug-likeness (QED) is 0.858. The lowest BCUT2D eigenvalue weighted by atomic mass is 10.2. The number of nitrogens with zero attached hydrogens (tertiary/aromatic N) is 1. The average molecular weight is 293 g/mol. The number of benzene rings is 1. The largest absolute Gasteiger partial charge is 0.487 e. The molecule has 20 heavy (non-hydrogen) atoms. The second-order valence-electron chi connectivity index (χ2n) is 4.21. The number of para-hydroxylation sites is 1. The predicted octanol–water partition coefficient (Wildman–Crippen LogP) is 3.24. The summed E-state index contributed by atoms with van der Waals surface area (Å²) in [6, 6.07) is 11.0. The van der Waals surface area contributed by atoms with Crippen LogP contribution in [0.2, 0.25) is 5.02 Å². The van der Waals surface area contributed by atoms with E-state index in [4.69, 9.17) is 16.3 Å². The highest BCUT2D eigenvalue weighted by Gasteiger charge is 2.07. The molecule has 1 aromatic carbocycles. The van der Waals surface area contributed by atoms with Crippen LogP contribution in [0.5, 0.6) is 5.75 Å². The number of aliphatic hydroxyl groups excluding tert-OH is 1. The van der Waals surface area contributed by atoms with Crippen LogP contribution in [0.4, 0.5) is 5.82 Å². The highest BCUT2D eigenvalue weighted by Crippen LogP contribution is 2.22. The van der Waals surface area contributed by atoms with Gasteiger partial charge in [0.05, 0.1) is 17.3 Å². The third-order valence-electron chi connectivity index (χ3n) is 2.78. The minimum atomic E-state index is -0.0608. The Bertz CT molecular complexity index is 576. The predicted molar refractivity (Wildman–Crippen MR) is 80.1 cm³/mol. The van der Waals surface area contributed by atoms with Gasteiger partial charge in [-0.2, -0.15) is 0 Å². The molecule has 106 valence electrons. The van der Waals surface area contributed by atoms with Gasteiger partial charge >= 0.3 is 0 Å². The number of halogens is 1. The van der Waals surface area contributed by atoms with Gasteiger partial charge in [0.15, 0.2) is 0 Å². The topological polar surface area (TPSA) is 54.4 Å². The first kappa shape index (κ1) is 14.6. The number of rotatable bonds is 6. The van der Waals surface area contributed by atoms with E-state index in [0.29, 0.717) is 16.5 Å². The number of anilines is 1. The molecule has 1 aromatic heterocycles. The molecule has 0 saturated heterocycles. The highest BCUT2D eigenvalue weighted by atomic mass is 35.5. The van der Waals surface area contributed by atoms with Crippen molar-refractivity contribution in [2.75, 3.05) is 11.9 Å². The summed E-state index contributed by atoms with van der Waals surface area (Å²) in [7, 11) is 0. The maximum Gasteiger partial charge on any atom is 0.132 e. The molecule has 0 aliphatic heterocycles. The van der Waals surface area contributed by atoms with Crippen molar-refractivity contribution in [3.8, 4) is 5.75 Å². The van der Waals surface area contributed by atoms with E-state index < -0.39 is 0 Å². The molecule has 0 fully saturated rings. The lowest BCUT2D eigenvalue weighted by Crippen LogP contribution is -2.05. The summed E-state index contributed by atoms with van der Waals surface area (Å²) in [5, 5.41) is 12.9. The van der Waals surface area contributed by atoms with Crippen molar-refractivity contribution in [2.24, 2.45) is 0 Å². The molecule has 0 radical (unpaired) electrons. The van der Waals surface area contributed by atoms with Gasteiger partial charge in [0.2, 0.25) is 0 Å². The lowest BCUT2D eigenvalue weighted by molar-refractivity contribution is 0.257. The number of hydrogen-bond acceptors (Lipinski definition) is 4. The van der Waals surface area contributed by atoms with Gasteiger partial charge in [-0.1, -0.05) is 29.8 Å². The van der Waals surface area contributed by atoms with Crippen molar-refractivity contribution in [3.05, 3.63) is 52.7 Å². The molecule has 2 aromatic rings. The molecule has 5 heteroatoms. The fourth-order valence-corrected chi connectivity index (χ4v) is 1.95. The molecule has 2 N–H and O–H groups in total. The van der Waals surface area contributed by atoms with Crippen LogP contribution in [0.1, 0.15) is 18.2 Å². The first-order valence-corrected chi connectivity index (χ1v) is 6.83. The van der Waals surface area contributed by atoms with Gasteiger partial charge in [-0.25, -0.2) is 4.98 Å². The Morgan fingerprint density at radius 1 is 1.25 bits per heavy atom. The summed E-state index contributed by atoms with van der Waals surface area (Å²) in [6.07, 6.45) is 0. The zero-order valence-electron chi connectivity index (χ0n) is 11.3. The molecule has 0 aliphatic carbocycles. The summed E-state index contributed by atoms with van der Waals surface area (Å²) < 4.78 is 5.69. The Morgan fingerprint density at radius 2 is 2.05 bits per heavy atom. The van der Waals surface area contributed by atoms with Gasteiger partial charge in [-0.05, 0) is 25.1 Å². The third kappa shape index (κ3) is 3.62.